The molecule has 0 saturated heterocycles. The quantitative estimate of drug-likeness (QED) is 0.561. The highest BCUT2D eigenvalue weighted by atomic mass is 16.6. The Labute approximate surface area is 127 Å². The molecule has 0 atom stereocenters. The Morgan fingerprint density at radius 3 is 2.48 bits per heavy atom. The molecule has 0 aliphatic heterocycles. The number of hydrogen-bond donors (Lipinski definition) is 1. The van der Waals surface area contributed by atoms with Crippen LogP contribution in [0.5, 0.6) is 5.75 Å². The zero-order valence-corrected chi connectivity index (χ0v) is 13.2. The maximum atomic E-state index is 11.5. The van der Waals surface area contributed by atoms with Gasteiger partial charge in [-0.15, -0.1) is 0 Å². The highest BCUT2D eigenvalue weighted by Gasteiger charge is 2.14. The first-order valence-electron chi connectivity index (χ1n) is 7.45. The molecule has 4 heteroatoms. The summed E-state index contributed by atoms with van der Waals surface area (Å²) in [6.45, 7) is 6.95. The van der Waals surface area contributed by atoms with Gasteiger partial charge in [0.2, 0.25) is 0 Å². The number of rotatable bonds is 9. The highest BCUT2D eigenvalue weighted by molar-refractivity contribution is 5.71. The SMILES string of the molecule is CCC(C)(C)CCCOC(=O)COc1ccc(CO)cc1. The third kappa shape index (κ3) is 7.14. The molecule has 0 bridgehead atoms. The summed E-state index contributed by atoms with van der Waals surface area (Å²) in [5.41, 5.74) is 1.11. The van der Waals surface area contributed by atoms with E-state index in [9.17, 15) is 4.79 Å². The number of benzene rings is 1. The van der Waals surface area contributed by atoms with Crippen LogP contribution in [-0.2, 0) is 16.1 Å². The Bertz CT molecular complexity index is 423. The standard InChI is InChI=1S/C17H26O4/c1-4-17(2,3)10-5-11-20-16(19)13-21-15-8-6-14(12-18)7-9-15/h6-9,18H,4-5,10-13H2,1-3H3. The van der Waals surface area contributed by atoms with E-state index in [1.54, 1.807) is 24.3 Å². The maximum Gasteiger partial charge on any atom is 0.344 e. The molecule has 0 fully saturated rings. The van der Waals surface area contributed by atoms with Crippen LogP contribution in [-0.4, -0.2) is 24.3 Å². The molecule has 0 radical (unpaired) electrons. The van der Waals surface area contributed by atoms with E-state index in [2.05, 4.69) is 20.8 Å². The highest BCUT2D eigenvalue weighted by Crippen LogP contribution is 2.25. The van der Waals surface area contributed by atoms with Crippen molar-refractivity contribution in [3.05, 3.63) is 29.8 Å². The minimum atomic E-state index is -0.351. The van der Waals surface area contributed by atoms with Crippen molar-refractivity contribution >= 4 is 5.97 Å². The first-order chi connectivity index (χ1) is 9.96. The Kier molecular flexibility index (Phi) is 7.23. The van der Waals surface area contributed by atoms with Gasteiger partial charge >= 0.3 is 5.97 Å². The third-order valence-corrected chi connectivity index (χ3v) is 3.68. The number of ether oxygens (including phenoxy) is 2. The Balaban J connectivity index is 2.19. The zero-order chi connectivity index (χ0) is 15.7. The molecule has 0 spiro atoms. The van der Waals surface area contributed by atoms with Crippen LogP contribution >= 0.6 is 0 Å². The second-order valence-electron chi connectivity index (χ2n) is 5.93. The summed E-state index contributed by atoms with van der Waals surface area (Å²) in [7, 11) is 0. The molecule has 118 valence electrons. The van der Waals surface area contributed by atoms with Crippen LogP contribution in [0.2, 0.25) is 0 Å². The average Bonchev–Trinajstić information content (AvgIpc) is 2.50. The second-order valence-corrected chi connectivity index (χ2v) is 5.93. The minimum absolute atomic E-state index is 0.00354. The average molecular weight is 294 g/mol. The molecule has 1 N–H and O–H groups in total. The molecule has 0 aliphatic rings. The van der Waals surface area contributed by atoms with Crippen molar-refractivity contribution in [2.45, 2.75) is 46.6 Å². The fourth-order valence-corrected chi connectivity index (χ4v) is 1.79. The molecule has 1 aromatic rings. The minimum Gasteiger partial charge on any atom is -0.482 e. The predicted molar refractivity (Wildman–Crippen MR) is 82.1 cm³/mol. The van der Waals surface area contributed by atoms with Gasteiger partial charge in [-0.25, -0.2) is 4.79 Å². The summed E-state index contributed by atoms with van der Waals surface area (Å²) < 4.78 is 10.5. The van der Waals surface area contributed by atoms with Crippen molar-refractivity contribution in [3.8, 4) is 5.75 Å². The zero-order valence-electron chi connectivity index (χ0n) is 13.2. The summed E-state index contributed by atoms with van der Waals surface area (Å²) in [4.78, 5) is 11.5. The van der Waals surface area contributed by atoms with Crippen LogP contribution in [0.3, 0.4) is 0 Å². The molecule has 21 heavy (non-hydrogen) atoms. The molecular formula is C17H26O4. The lowest BCUT2D eigenvalue weighted by Crippen LogP contribution is -2.17. The first kappa shape index (κ1) is 17.5. The lowest BCUT2D eigenvalue weighted by molar-refractivity contribution is -0.146. The smallest absolute Gasteiger partial charge is 0.344 e. The van der Waals surface area contributed by atoms with E-state index in [-0.39, 0.29) is 19.2 Å². The molecule has 1 rings (SSSR count). The van der Waals surface area contributed by atoms with E-state index in [1.807, 2.05) is 0 Å². The van der Waals surface area contributed by atoms with Crippen molar-refractivity contribution in [3.63, 3.8) is 0 Å². The van der Waals surface area contributed by atoms with E-state index in [1.165, 1.54) is 0 Å². The van der Waals surface area contributed by atoms with Gasteiger partial charge < -0.3 is 14.6 Å². The van der Waals surface area contributed by atoms with Crippen LogP contribution < -0.4 is 4.74 Å². The maximum absolute atomic E-state index is 11.5. The number of hydrogen-bond acceptors (Lipinski definition) is 4. The Morgan fingerprint density at radius 2 is 1.90 bits per heavy atom. The van der Waals surface area contributed by atoms with Crippen LogP contribution in [0.1, 0.15) is 45.6 Å². The largest absolute Gasteiger partial charge is 0.482 e. The first-order valence-corrected chi connectivity index (χ1v) is 7.45. The van der Waals surface area contributed by atoms with Gasteiger partial charge in [0.05, 0.1) is 13.2 Å². The van der Waals surface area contributed by atoms with Gasteiger partial charge in [0.15, 0.2) is 6.61 Å². The summed E-state index contributed by atoms with van der Waals surface area (Å²) in [6, 6.07) is 6.96. The van der Waals surface area contributed by atoms with Gasteiger partial charge in [-0.1, -0.05) is 39.3 Å². The summed E-state index contributed by atoms with van der Waals surface area (Å²) in [5.74, 6) is 0.242. The van der Waals surface area contributed by atoms with E-state index in [4.69, 9.17) is 14.6 Å². The van der Waals surface area contributed by atoms with Crippen LogP contribution in [0.4, 0.5) is 0 Å². The predicted octanol–water partition coefficient (Wildman–Crippen LogP) is 3.32. The van der Waals surface area contributed by atoms with Crippen LogP contribution in [0.15, 0.2) is 24.3 Å². The van der Waals surface area contributed by atoms with Gasteiger partial charge in [0, 0.05) is 0 Å². The van der Waals surface area contributed by atoms with E-state index >= 15 is 0 Å². The third-order valence-electron chi connectivity index (χ3n) is 3.68. The molecule has 0 unspecified atom stereocenters. The van der Waals surface area contributed by atoms with Gasteiger partial charge in [-0.3, -0.25) is 0 Å². The molecular weight excluding hydrogens is 268 g/mol. The molecule has 0 heterocycles. The number of carbonyl (C=O) groups is 1. The number of aliphatic hydroxyl groups excluding tert-OH is 1. The van der Waals surface area contributed by atoms with E-state index < -0.39 is 0 Å². The molecule has 0 aliphatic carbocycles. The second kappa shape index (κ2) is 8.67. The normalized spacial score (nSPS) is 11.2. The fourth-order valence-electron chi connectivity index (χ4n) is 1.79. The molecule has 4 nitrogen and oxygen atoms in total. The van der Waals surface area contributed by atoms with Crippen molar-refractivity contribution < 1.29 is 19.4 Å². The van der Waals surface area contributed by atoms with Crippen molar-refractivity contribution in [1.82, 2.24) is 0 Å². The fraction of sp³-hybridized carbons (Fsp3) is 0.588. The Hall–Kier alpha value is -1.55. The van der Waals surface area contributed by atoms with Crippen LogP contribution in [0, 0.1) is 5.41 Å². The lowest BCUT2D eigenvalue weighted by Gasteiger charge is -2.21. The monoisotopic (exact) mass is 294 g/mol. The van der Waals surface area contributed by atoms with Crippen molar-refractivity contribution in [2.24, 2.45) is 5.41 Å². The molecule has 0 saturated carbocycles. The molecule has 0 aromatic heterocycles. The van der Waals surface area contributed by atoms with Gasteiger partial charge in [0.1, 0.15) is 5.75 Å². The van der Waals surface area contributed by atoms with Crippen molar-refractivity contribution in [2.75, 3.05) is 13.2 Å². The number of aliphatic hydroxyl groups is 1. The number of esters is 1. The Morgan fingerprint density at radius 1 is 1.24 bits per heavy atom. The topological polar surface area (TPSA) is 55.8 Å². The molecule has 1 aromatic carbocycles. The van der Waals surface area contributed by atoms with E-state index in [0.717, 1.165) is 24.8 Å². The number of carbonyl (C=O) groups excluding carboxylic acids is 1. The van der Waals surface area contributed by atoms with Gasteiger partial charge in [-0.2, -0.15) is 0 Å². The van der Waals surface area contributed by atoms with Gasteiger partial charge in [-0.05, 0) is 36.0 Å². The lowest BCUT2D eigenvalue weighted by atomic mass is 9.85. The van der Waals surface area contributed by atoms with E-state index in [0.29, 0.717) is 17.8 Å². The summed E-state index contributed by atoms with van der Waals surface area (Å²) in [5, 5.41) is 8.93. The van der Waals surface area contributed by atoms with Crippen molar-refractivity contribution in [1.29, 1.82) is 0 Å². The molecule has 0 amide bonds. The summed E-state index contributed by atoms with van der Waals surface area (Å²) >= 11 is 0. The van der Waals surface area contributed by atoms with Crippen LogP contribution in [0.25, 0.3) is 0 Å². The summed E-state index contributed by atoms with van der Waals surface area (Å²) in [6.07, 6.45) is 3.03. The van der Waals surface area contributed by atoms with Gasteiger partial charge in [0.25, 0.3) is 0 Å².